The zero-order chi connectivity index (χ0) is 25.0. The van der Waals surface area contributed by atoms with Crippen molar-refractivity contribution >= 4 is 33.4 Å². The van der Waals surface area contributed by atoms with Crippen molar-refractivity contribution in [2.75, 3.05) is 36.4 Å². The van der Waals surface area contributed by atoms with Crippen molar-refractivity contribution in [3.05, 3.63) is 53.1 Å². The second-order valence-corrected chi connectivity index (χ2v) is 11.0. The van der Waals surface area contributed by atoms with E-state index in [2.05, 4.69) is 5.32 Å². The molecule has 0 radical (unpaired) electrons. The average molecular weight is 500 g/mol. The minimum Gasteiger partial charge on any atom is -0.486 e. The van der Waals surface area contributed by atoms with Crippen LogP contribution in [0.25, 0.3) is 0 Å². The number of hydrogen-bond donors (Lipinski definition) is 1. The van der Waals surface area contributed by atoms with Crippen molar-refractivity contribution in [2.24, 2.45) is 0 Å². The Morgan fingerprint density at radius 2 is 1.83 bits per heavy atom. The molecule has 1 N–H and O–H groups in total. The second-order valence-electron chi connectivity index (χ2n) is 8.79. The number of carbonyl (C=O) groups excluding carboxylic acids is 3. The van der Waals surface area contributed by atoms with Gasteiger partial charge in [-0.1, -0.05) is 6.07 Å². The van der Waals surface area contributed by atoms with E-state index in [9.17, 15) is 22.8 Å². The van der Waals surface area contributed by atoms with Crippen LogP contribution in [-0.2, 0) is 26.8 Å². The molecular weight excluding hydrogens is 474 g/mol. The van der Waals surface area contributed by atoms with Crippen LogP contribution in [0.4, 0.5) is 10.5 Å². The summed E-state index contributed by atoms with van der Waals surface area (Å²) in [6.07, 6.45) is 0.487. The molecule has 1 saturated heterocycles. The first-order valence-corrected chi connectivity index (χ1v) is 13.0. The summed E-state index contributed by atoms with van der Waals surface area (Å²) in [5, 5.41) is 2.70. The van der Waals surface area contributed by atoms with Gasteiger partial charge >= 0.3 is 6.03 Å². The molecule has 3 amide bonds. The Balaban J connectivity index is 1.35. The molecule has 0 aliphatic carbocycles. The molecule has 11 heteroatoms. The lowest BCUT2D eigenvalue weighted by Gasteiger charge is -2.25. The standard InChI is InChI=1S/C24H25N3O7S/c1-3-35(31,32)27-9-8-15-12-16(4-6-18(15)27)19(28)14-26-22(29)24(2,25-23(26)30)17-5-7-20-21(13-17)34-11-10-33-20/h4-7,12-13H,3,8-11,14H2,1-2H3,(H,25,30)/t24-/m0/s1. The first kappa shape index (κ1) is 23.2. The molecule has 1 atom stereocenters. The molecule has 0 aromatic heterocycles. The second kappa shape index (κ2) is 8.26. The quantitative estimate of drug-likeness (QED) is 0.475. The third-order valence-corrected chi connectivity index (χ3v) is 8.43. The van der Waals surface area contributed by atoms with E-state index in [1.165, 1.54) is 10.4 Å². The largest absolute Gasteiger partial charge is 0.486 e. The lowest BCUT2D eigenvalue weighted by Crippen LogP contribution is -2.41. The number of fused-ring (bicyclic) bond motifs is 2. The number of rotatable bonds is 6. The Bertz CT molecular complexity index is 1360. The Hall–Kier alpha value is -3.60. The smallest absolute Gasteiger partial charge is 0.325 e. The average Bonchev–Trinajstić information content (AvgIpc) is 3.38. The fourth-order valence-electron chi connectivity index (χ4n) is 4.62. The van der Waals surface area contributed by atoms with Gasteiger partial charge in [0.1, 0.15) is 18.8 Å². The highest BCUT2D eigenvalue weighted by atomic mass is 32.2. The van der Waals surface area contributed by atoms with Crippen molar-refractivity contribution < 1.29 is 32.3 Å². The van der Waals surface area contributed by atoms with E-state index >= 15 is 0 Å². The van der Waals surface area contributed by atoms with Gasteiger partial charge in [0.15, 0.2) is 17.3 Å². The summed E-state index contributed by atoms with van der Waals surface area (Å²) in [6.45, 7) is 3.88. The summed E-state index contributed by atoms with van der Waals surface area (Å²) in [5.74, 6) is 0.0770. The summed E-state index contributed by atoms with van der Waals surface area (Å²) in [5.41, 5.74) is 0.772. The van der Waals surface area contributed by atoms with Gasteiger partial charge in [-0.3, -0.25) is 18.8 Å². The SMILES string of the molecule is CCS(=O)(=O)N1CCc2cc(C(=O)CN3C(=O)N[C@@](C)(c4ccc5c(c4)OCCO5)C3=O)ccc21. The van der Waals surface area contributed by atoms with Gasteiger partial charge in [-0.15, -0.1) is 0 Å². The van der Waals surface area contributed by atoms with Crippen molar-refractivity contribution in [1.29, 1.82) is 0 Å². The first-order chi connectivity index (χ1) is 16.6. The van der Waals surface area contributed by atoms with Crippen molar-refractivity contribution in [1.82, 2.24) is 10.2 Å². The van der Waals surface area contributed by atoms with Gasteiger partial charge in [-0.25, -0.2) is 13.2 Å². The summed E-state index contributed by atoms with van der Waals surface area (Å²) in [6, 6.07) is 9.15. The molecule has 10 nitrogen and oxygen atoms in total. The van der Waals surface area contributed by atoms with E-state index in [1.54, 1.807) is 44.2 Å². The van der Waals surface area contributed by atoms with Gasteiger partial charge in [0.25, 0.3) is 5.91 Å². The number of nitrogens with zero attached hydrogens (tertiary/aromatic N) is 2. The van der Waals surface area contributed by atoms with Gasteiger partial charge in [0.2, 0.25) is 10.0 Å². The van der Waals surface area contributed by atoms with Crippen LogP contribution in [0.15, 0.2) is 36.4 Å². The minimum absolute atomic E-state index is 0.0125. The maximum atomic E-state index is 13.3. The lowest BCUT2D eigenvalue weighted by atomic mass is 9.91. The van der Waals surface area contributed by atoms with E-state index in [0.717, 1.165) is 10.5 Å². The van der Waals surface area contributed by atoms with Crippen LogP contribution >= 0.6 is 0 Å². The number of sulfonamides is 1. The number of amides is 3. The molecule has 0 unspecified atom stereocenters. The van der Waals surface area contributed by atoms with Crippen molar-refractivity contribution in [3.8, 4) is 11.5 Å². The first-order valence-electron chi connectivity index (χ1n) is 11.3. The number of anilines is 1. The molecule has 2 aromatic carbocycles. The van der Waals surface area contributed by atoms with Gasteiger partial charge in [0.05, 0.1) is 18.0 Å². The van der Waals surface area contributed by atoms with Crippen LogP contribution in [0, 0.1) is 0 Å². The van der Waals surface area contributed by atoms with Gasteiger partial charge in [0, 0.05) is 12.1 Å². The number of ketones is 1. The summed E-state index contributed by atoms with van der Waals surface area (Å²) < 4.78 is 37.1. The number of hydrogen-bond acceptors (Lipinski definition) is 7. The Morgan fingerprint density at radius 3 is 2.57 bits per heavy atom. The van der Waals surface area contributed by atoms with E-state index < -0.39 is 39.8 Å². The van der Waals surface area contributed by atoms with Crippen molar-refractivity contribution in [2.45, 2.75) is 25.8 Å². The highest BCUT2D eigenvalue weighted by Crippen LogP contribution is 2.37. The Labute approximate surface area is 202 Å². The zero-order valence-electron chi connectivity index (χ0n) is 19.4. The van der Waals surface area contributed by atoms with Gasteiger partial charge in [-0.05, 0) is 61.7 Å². The van der Waals surface area contributed by atoms with Crippen molar-refractivity contribution in [3.63, 3.8) is 0 Å². The molecular formula is C24H25N3O7S. The highest BCUT2D eigenvalue weighted by molar-refractivity contribution is 7.92. The number of carbonyl (C=O) groups is 3. The molecule has 184 valence electrons. The third-order valence-electron chi connectivity index (χ3n) is 6.65. The van der Waals surface area contributed by atoms with Crippen LogP contribution in [-0.4, -0.2) is 63.1 Å². The van der Waals surface area contributed by atoms with Gasteiger partial charge in [-0.2, -0.15) is 0 Å². The van der Waals surface area contributed by atoms with E-state index in [-0.39, 0.29) is 5.75 Å². The number of ether oxygens (including phenoxy) is 2. The lowest BCUT2D eigenvalue weighted by molar-refractivity contribution is -0.130. The number of urea groups is 1. The molecule has 3 aliphatic heterocycles. The number of benzene rings is 2. The number of nitrogens with one attached hydrogen (secondary N) is 1. The molecule has 35 heavy (non-hydrogen) atoms. The predicted molar refractivity (Wildman–Crippen MR) is 126 cm³/mol. The number of imide groups is 1. The van der Waals surface area contributed by atoms with Crippen LogP contribution in [0.5, 0.6) is 11.5 Å². The van der Waals surface area contributed by atoms with Gasteiger partial charge < -0.3 is 14.8 Å². The molecule has 1 fully saturated rings. The van der Waals surface area contributed by atoms with Crippen LogP contribution in [0.1, 0.15) is 35.3 Å². The summed E-state index contributed by atoms with van der Waals surface area (Å²) in [4.78, 5) is 39.9. The topological polar surface area (TPSA) is 122 Å². The molecule has 2 aromatic rings. The van der Waals surface area contributed by atoms with Crippen LogP contribution < -0.4 is 19.1 Å². The van der Waals surface area contributed by atoms with E-state index in [0.29, 0.717) is 54.5 Å². The maximum Gasteiger partial charge on any atom is 0.325 e. The maximum absolute atomic E-state index is 13.3. The molecule has 5 rings (SSSR count). The molecule has 3 heterocycles. The minimum atomic E-state index is -3.40. The van der Waals surface area contributed by atoms with Crippen LogP contribution in [0.3, 0.4) is 0 Å². The summed E-state index contributed by atoms with van der Waals surface area (Å²) >= 11 is 0. The third kappa shape index (κ3) is 3.79. The van der Waals surface area contributed by atoms with Crippen LogP contribution in [0.2, 0.25) is 0 Å². The monoisotopic (exact) mass is 499 g/mol. The van der Waals surface area contributed by atoms with E-state index in [1.807, 2.05) is 0 Å². The molecule has 3 aliphatic rings. The predicted octanol–water partition coefficient (Wildman–Crippen LogP) is 1.82. The zero-order valence-corrected chi connectivity index (χ0v) is 20.2. The van der Waals surface area contributed by atoms with E-state index in [4.69, 9.17) is 9.47 Å². The Morgan fingerprint density at radius 1 is 1.09 bits per heavy atom. The molecule has 0 spiro atoms. The summed E-state index contributed by atoms with van der Waals surface area (Å²) in [7, 11) is -3.40. The fourth-order valence-corrected chi connectivity index (χ4v) is 5.77. The highest BCUT2D eigenvalue weighted by Gasteiger charge is 2.50. The molecule has 0 bridgehead atoms. The molecule has 0 saturated carbocycles. The Kier molecular flexibility index (Phi) is 5.47. The normalized spacial score (nSPS) is 21.2. The number of Topliss-reactive ketones (excluding diaryl/α,β-unsaturated/α-hetero) is 1. The fraction of sp³-hybridized carbons (Fsp3) is 0.375.